The van der Waals surface area contributed by atoms with Crippen molar-refractivity contribution >= 4 is 11.6 Å². The summed E-state index contributed by atoms with van der Waals surface area (Å²) < 4.78 is 13.2. The molecule has 1 fully saturated rings. The van der Waals surface area contributed by atoms with E-state index in [0.29, 0.717) is 25.4 Å². The van der Waals surface area contributed by atoms with Crippen LogP contribution in [0.15, 0.2) is 18.2 Å². The van der Waals surface area contributed by atoms with Crippen molar-refractivity contribution in [1.82, 2.24) is 5.32 Å². The molecule has 2 heterocycles. The van der Waals surface area contributed by atoms with Gasteiger partial charge in [-0.05, 0) is 49.6 Å². The van der Waals surface area contributed by atoms with Gasteiger partial charge in [-0.1, -0.05) is 0 Å². The zero-order valence-corrected chi connectivity index (χ0v) is 10.3. The van der Waals surface area contributed by atoms with E-state index < -0.39 is 0 Å². The van der Waals surface area contributed by atoms with Crippen molar-refractivity contribution < 1.29 is 9.18 Å². The van der Waals surface area contributed by atoms with Crippen LogP contribution in [0.2, 0.25) is 0 Å². The standard InChI is InChI=1S/C14H17FN2O/c15-11-4-5-13-10(8-11)3-6-14(18)17(13)9-12-2-1-7-16-12/h4-5,8,12,16H,1-3,6-7,9H2. The maximum atomic E-state index is 13.2. The molecule has 0 bridgehead atoms. The molecule has 1 saturated heterocycles. The molecule has 1 amide bonds. The fourth-order valence-electron chi connectivity index (χ4n) is 2.86. The highest BCUT2D eigenvalue weighted by Gasteiger charge is 2.27. The van der Waals surface area contributed by atoms with Gasteiger partial charge in [0.2, 0.25) is 5.91 Å². The van der Waals surface area contributed by atoms with Crippen LogP contribution in [0.25, 0.3) is 0 Å². The summed E-state index contributed by atoms with van der Waals surface area (Å²) in [7, 11) is 0. The third-order valence-electron chi connectivity index (χ3n) is 3.81. The second-order valence-corrected chi connectivity index (χ2v) is 5.07. The van der Waals surface area contributed by atoms with Gasteiger partial charge in [-0.3, -0.25) is 4.79 Å². The number of nitrogens with one attached hydrogen (secondary N) is 1. The molecule has 3 nitrogen and oxygen atoms in total. The van der Waals surface area contributed by atoms with E-state index in [1.54, 1.807) is 12.1 Å². The summed E-state index contributed by atoms with van der Waals surface area (Å²) in [6.07, 6.45) is 3.42. The highest BCUT2D eigenvalue weighted by Crippen LogP contribution is 2.29. The molecule has 96 valence electrons. The number of amides is 1. The van der Waals surface area contributed by atoms with Gasteiger partial charge < -0.3 is 10.2 Å². The van der Waals surface area contributed by atoms with E-state index in [2.05, 4.69) is 5.32 Å². The fourth-order valence-corrected chi connectivity index (χ4v) is 2.86. The molecular formula is C14H17FN2O. The van der Waals surface area contributed by atoms with Crippen molar-refractivity contribution in [3.8, 4) is 0 Å². The van der Waals surface area contributed by atoms with Crippen LogP contribution in [-0.4, -0.2) is 25.0 Å². The molecule has 0 spiro atoms. The Labute approximate surface area is 106 Å². The van der Waals surface area contributed by atoms with Gasteiger partial charge in [0.05, 0.1) is 0 Å². The lowest BCUT2D eigenvalue weighted by Gasteiger charge is -2.31. The van der Waals surface area contributed by atoms with E-state index in [0.717, 1.165) is 24.2 Å². The van der Waals surface area contributed by atoms with Crippen LogP contribution in [0.4, 0.5) is 10.1 Å². The van der Waals surface area contributed by atoms with E-state index in [9.17, 15) is 9.18 Å². The van der Waals surface area contributed by atoms with E-state index in [4.69, 9.17) is 0 Å². The van der Waals surface area contributed by atoms with Crippen molar-refractivity contribution in [3.05, 3.63) is 29.6 Å². The second-order valence-electron chi connectivity index (χ2n) is 5.07. The van der Waals surface area contributed by atoms with E-state index in [1.165, 1.54) is 12.5 Å². The van der Waals surface area contributed by atoms with Crippen LogP contribution in [0.5, 0.6) is 0 Å². The summed E-state index contributed by atoms with van der Waals surface area (Å²) in [4.78, 5) is 13.9. The number of carbonyl (C=O) groups excluding carboxylic acids is 1. The summed E-state index contributed by atoms with van der Waals surface area (Å²) >= 11 is 0. The smallest absolute Gasteiger partial charge is 0.227 e. The van der Waals surface area contributed by atoms with Crippen molar-refractivity contribution in [2.24, 2.45) is 0 Å². The number of anilines is 1. The Morgan fingerprint density at radius 3 is 3.06 bits per heavy atom. The molecular weight excluding hydrogens is 231 g/mol. The summed E-state index contributed by atoms with van der Waals surface area (Å²) in [5.74, 6) is -0.0650. The Bertz CT molecular complexity index is 469. The van der Waals surface area contributed by atoms with Gasteiger partial charge >= 0.3 is 0 Å². The second kappa shape index (κ2) is 4.69. The van der Waals surface area contributed by atoms with Crippen LogP contribution in [0.1, 0.15) is 24.8 Å². The van der Waals surface area contributed by atoms with Crippen molar-refractivity contribution in [3.63, 3.8) is 0 Å². The first-order valence-corrected chi connectivity index (χ1v) is 6.56. The Morgan fingerprint density at radius 2 is 2.28 bits per heavy atom. The number of halogens is 1. The maximum Gasteiger partial charge on any atom is 0.227 e. The molecule has 1 atom stereocenters. The Morgan fingerprint density at radius 1 is 1.39 bits per heavy atom. The third-order valence-corrected chi connectivity index (χ3v) is 3.81. The van der Waals surface area contributed by atoms with Gasteiger partial charge in [0, 0.05) is 24.7 Å². The molecule has 0 aromatic heterocycles. The van der Waals surface area contributed by atoms with E-state index >= 15 is 0 Å². The Kier molecular flexibility index (Phi) is 3.04. The molecule has 1 aromatic rings. The molecule has 1 N–H and O–H groups in total. The number of fused-ring (bicyclic) bond motifs is 1. The lowest BCUT2D eigenvalue weighted by molar-refractivity contribution is -0.119. The minimum Gasteiger partial charge on any atom is -0.312 e. The Balaban J connectivity index is 1.86. The monoisotopic (exact) mass is 248 g/mol. The van der Waals surface area contributed by atoms with Gasteiger partial charge in [-0.15, -0.1) is 0 Å². The largest absolute Gasteiger partial charge is 0.312 e. The predicted octanol–water partition coefficient (Wildman–Crippen LogP) is 1.86. The molecule has 3 rings (SSSR count). The van der Waals surface area contributed by atoms with Crippen molar-refractivity contribution in [2.75, 3.05) is 18.0 Å². The lowest BCUT2D eigenvalue weighted by atomic mass is 10.00. The molecule has 1 aromatic carbocycles. The number of nitrogens with zero attached hydrogens (tertiary/aromatic N) is 1. The van der Waals surface area contributed by atoms with Gasteiger partial charge in [0.1, 0.15) is 5.82 Å². The topological polar surface area (TPSA) is 32.3 Å². The van der Waals surface area contributed by atoms with Crippen LogP contribution in [-0.2, 0) is 11.2 Å². The van der Waals surface area contributed by atoms with Gasteiger partial charge in [-0.2, -0.15) is 0 Å². The van der Waals surface area contributed by atoms with Crippen LogP contribution < -0.4 is 10.2 Å². The fraction of sp³-hybridized carbons (Fsp3) is 0.500. The third kappa shape index (κ3) is 2.12. The van der Waals surface area contributed by atoms with Gasteiger partial charge in [0.25, 0.3) is 0 Å². The van der Waals surface area contributed by atoms with Crippen LogP contribution in [0, 0.1) is 5.82 Å². The molecule has 0 radical (unpaired) electrons. The zero-order valence-electron chi connectivity index (χ0n) is 10.3. The van der Waals surface area contributed by atoms with E-state index in [1.807, 2.05) is 4.90 Å². The average molecular weight is 248 g/mol. The highest BCUT2D eigenvalue weighted by atomic mass is 19.1. The molecule has 2 aliphatic heterocycles. The molecule has 2 aliphatic rings. The molecule has 1 unspecified atom stereocenters. The van der Waals surface area contributed by atoms with Crippen molar-refractivity contribution in [1.29, 1.82) is 0 Å². The van der Waals surface area contributed by atoms with Crippen LogP contribution >= 0.6 is 0 Å². The molecule has 18 heavy (non-hydrogen) atoms. The summed E-state index contributed by atoms with van der Waals surface area (Å²) in [6, 6.07) is 5.10. The lowest BCUT2D eigenvalue weighted by Crippen LogP contribution is -2.43. The SMILES string of the molecule is O=C1CCc2cc(F)ccc2N1CC1CCCN1. The minimum atomic E-state index is -0.220. The molecule has 4 heteroatoms. The van der Waals surface area contributed by atoms with Crippen LogP contribution in [0.3, 0.4) is 0 Å². The quantitative estimate of drug-likeness (QED) is 0.866. The average Bonchev–Trinajstić information content (AvgIpc) is 2.86. The molecule has 0 saturated carbocycles. The van der Waals surface area contributed by atoms with Gasteiger partial charge in [0.15, 0.2) is 0 Å². The first kappa shape index (κ1) is 11.7. The number of rotatable bonds is 2. The zero-order chi connectivity index (χ0) is 12.5. The van der Waals surface area contributed by atoms with Crippen molar-refractivity contribution in [2.45, 2.75) is 31.7 Å². The summed E-state index contributed by atoms with van der Waals surface area (Å²) in [5, 5.41) is 3.40. The number of carbonyl (C=O) groups is 1. The number of hydrogen-bond acceptors (Lipinski definition) is 2. The number of benzene rings is 1. The summed E-state index contributed by atoms with van der Waals surface area (Å²) in [5.41, 5.74) is 1.84. The van der Waals surface area contributed by atoms with E-state index in [-0.39, 0.29) is 11.7 Å². The first-order valence-electron chi connectivity index (χ1n) is 6.56. The first-order chi connectivity index (χ1) is 8.74. The maximum absolute atomic E-state index is 13.2. The predicted molar refractivity (Wildman–Crippen MR) is 68.1 cm³/mol. The van der Waals surface area contributed by atoms with Gasteiger partial charge in [-0.25, -0.2) is 4.39 Å². The number of aryl methyl sites for hydroxylation is 1. The number of hydrogen-bond donors (Lipinski definition) is 1. The molecule has 0 aliphatic carbocycles. The minimum absolute atomic E-state index is 0.155. The normalized spacial score (nSPS) is 23.3. The highest BCUT2D eigenvalue weighted by molar-refractivity contribution is 5.96. The summed E-state index contributed by atoms with van der Waals surface area (Å²) in [6.45, 7) is 1.74. The Hall–Kier alpha value is -1.42.